The highest BCUT2D eigenvalue weighted by atomic mass is 16.6. The van der Waals surface area contributed by atoms with Crippen LogP contribution >= 0.6 is 0 Å². The van der Waals surface area contributed by atoms with Gasteiger partial charge in [-0.3, -0.25) is 14.9 Å². The molecule has 0 aliphatic carbocycles. The summed E-state index contributed by atoms with van der Waals surface area (Å²) in [6.45, 7) is 4.84. The molecular weight excluding hydrogens is 264 g/mol. The zero-order valence-electron chi connectivity index (χ0n) is 11.3. The van der Waals surface area contributed by atoms with Gasteiger partial charge in [0.15, 0.2) is 0 Å². The largest absolute Gasteiger partial charge is 0.374 e. The quantitative estimate of drug-likeness (QED) is 0.591. The molecule has 1 fully saturated rings. The van der Waals surface area contributed by atoms with E-state index in [1.165, 1.54) is 12.3 Å². The van der Waals surface area contributed by atoms with Crippen molar-refractivity contribution >= 4 is 11.6 Å². The predicted octanol–water partition coefficient (Wildman–Crippen LogP) is 0.134. The first-order valence-electron chi connectivity index (χ1n) is 6.57. The van der Waals surface area contributed by atoms with E-state index in [1.807, 2.05) is 6.92 Å². The fraction of sp³-hybridized carbons (Fsp3) is 0.583. The highest BCUT2D eigenvalue weighted by Gasteiger charge is 2.20. The number of carbonyl (C=O) groups excluding carboxylic acids is 1. The minimum Gasteiger partial charge on any atom is -0.374 e. The number of carbonyl (C=O) groups is 1. The molecule has 1 aliphatic heterocycles. The summed E-state index contributed by atoms with van der Waals surface area (Å²) in [7, 11) is 0. The van der Waals surface area contributed by atoms with E-state index in [9.17, 15) is 14.9 Å². The Balaban J connectivity index is 1.99. The van der Waals surface area contributed by atoms with E-state index in [0.717, 1.165) is 6.54 Å². The van der Waals surface area contributed by atoms with Gasteiger partial charge in [-0.15, -0.1) is 0 Å². The summed E-state index contributed by atoms with van der Waals surface area (Å²) in [6, 6.07) is 1.29. The van der Waals surface area contributed by atoms with Crippen LogP contribution in [0.5, 0.6) is 0 Å². The number of amides is 1. The maximum absolute atomic E-state index is 12.1. The second kappa shape index (κ2) is 6.49. The zero-order chi connectivity index (χ0) is 14.5. The van der Waals surface area contributed by atoms with E-state index < -0.39 is 4.92 Å². The lowest BCUT2D eigenvalue weighted by Crippen LogP contribution is -2.45. The lowest BCUT2D eigenvalue weighted by Gasteiger charge is -2.23. The number of nitrogens with zero attached hydrogens (tertiary/aromatic N) is 2. The van der Waals surface area contributed by atoms with Gasteiger partial charge in [0.25, 0.3) is 11.6 Å². The van der Waals surface area contributed by atoms with E-state index in [-0.39, 0.29) is 17.7 Å². The predicted molar refractivity (Wildman–Crippen MR) is 71.7 cm³/mol. The van der Waals surface area contributed by atoms with Crippen molar-refractivity contribution in [2.24, 2.45) is 0 Å². The van der Waals surface area contributed by atoms with Gasteiger partial charge in [-0.05, 0) is 6.92 Å². The van der Waals surface area contributed by atoms with Crippen LogP contribution in [-0.4, -0.2) is 47.7 Å². The molecule has 1 aromatic rings. The van der Waals surface area contributed by atoms with Gasteiger partial charge in [0.1, 0.15) is 5.69 Å². The highest BCUT2D eigenvalue weighted by molar-refractivity contribution is 5.93. The van der Waals surface area contributed by atoms with Crippen LogP contribution in [0.2, 0.25) is 0 Å². The number of morpholine rings is 1. The topological polar surface area (TPSA) is 98.4 Å². The molecule has 110 valence electrons. The monoisotopic (exact) mass is 282 g/mol. The average Bonchev–Trinajstić information content (AvgIpc) is 2.90. The Kier molecular flexibility index (Phi) is 4.70. The molecule has 0 spiro atoms. The van der Waals surface area contributed by atoms with Gasteiger partial charge in [0.2, 0.25) is 0 Å². The summed E-state index contributed by atoms with van der Waals surface area (Å²) in [6.07, 6.45) is 1.31. The van der Waals surface area contributed by atoms with Crippen molar-refractivity contribution in [1.29, 1.82) is 0 Å². The van der Waals surface area contributed by atoms with Crippen molar-refractivity contribution in [2.75, 3.05) is 26.2 Å². The number of nitro groups is 1. The number of hydrogen-bond acceptors (Lipinski definition) is 5. The third-order valence-electron chi connectivity index (χ3n) is 3.16. The lowest BCUT2D eigenvalue weighted by molar-refractivity contribution is -0.384. The fourth-order valence-electron chi connectivity index (χ4n) is 2.09. The number of aryl methyl sites for hydroxylation is 1. The first kappa shape index (κ1) is 14.5. The Bertz CT molecular complexity index is 494. The Labute approximate surface area is 116 Å². The standard InChI is InChI=1S/C12H18N4O4/c1-2-15-8-9(16(18)19)5-11(15)12(17)14-7-10-6-13-3-4-20-10/h5,8,10,13H,2-4,6-7H2,1H3,(H,14,17). The van der Waals surface area contributed by atoms with Crippen LogP contribution in [-0.2, 0) is 11.3 Å². The molecule has 1 aromatic heterocycles. The Morgan fingerprint density at radius 3 is 3.10 bits per heavy atom. The van der Waals surface area contributed by atoms with Gasteiger partial charge in [0.05, 0.1) is 23.8 Å². The smallest absolute Gasteiger partial charge is 0.287 e. The van der Waals surface area contributed by atoms with Crippen molar-refractivity contribution < 1.29 is 14.5 Å². The number of rotatable bonds is 5. The number of ether oxygens (including phenoxy) is 1. The molecule has 2 N–H and O–H groups in total. The maximum atomic E-state index is 12.1. The Morgan fingerprint density at radius 2 is 2.50 bits per heavy atom. The van der Waals surface area contributed by atoms with Crippen LogP contribution in [0.3, 0.4) is 0 Å². The van der Waals surface area contributed by atoms with Gasteiger partial charge >= 0.3 is 0 Å². The second-order valence-corrected chi connectivity index (χ2v) is 4.53. The van der Waals surface area contributed by atoms with Crippen LogP contribution in [0, 0.1) is 10.1 Å². The van der Waals surface area contributed by atoms with Crippen LogP contribution < -0.4 is 10.6 Å². The maximum Gasteiger partial charge on any atom is 0.287 e. The van der Waals surface area contributed by atoms with Gasteiger partial charge in [-0.25, -0.2) is 0 Å². The molecule has 0 aromatic carbocycles. The molecule has 1 amide bonds. The lowest BCUT2D eigenvalue weighted by atomic mass is 10.3. The van der Waals surface area contributed by atoms with Crippen LogP contribution in [0.4, 0.5) is 5.69 Å². The van der Waals surface area contributed by atoms with Gasteiger partial charge in [-0.1, -0.05) is 0 Å². The van der Waals surface area contributed by atoms with E-state index in [0.29, 0.717) is 31.9 Å². The first-order chi connectivity index (χ1) is 9.61. The van der Waals surface area contributed by atoms with Crippen molar-refractivity contribution in [2.45, 2.75) is 19.6 Å². The third kappa shape index (κ3) is 3.34. The summed E-state index contributed by atoms with van der Waals surface area (Å²) in [5, 5.41) is 16.7. The van der Waals surface area contributed by atoms with E-state index >= 15 is 0 Å². The van der Waals surface area contributed by atoms with E-state index in [2.05, 4.69) is 10.6 Å². The molecule has 8 heteroatoms. The molecule has 2 rings (SSSR count). The third-order valence-corrected chi connectivity index (χ3v) is 3.16. The SMILES string of the molecule is CCn1cc([N+](=O)[O-])cc1C(=O)NCC1CNCCO1. The molecule has 0 bridgehead atoms. The van der Waals surface area contributed by atoms with Gasteiger partial charge < -0.3 is 19.9 Å². The van der Waals surface area contributed by atoms with E-state index in [1.54, 1.807) is 4.57 Å². The van der Waals surface area contributed by atoms with Crippen LogP contribution in [0.25, 0.3) is 0 Å². The van der Waals surface area contributed by atoms with E-state index in [4.69, 9.17) is 4.74 Å². The minimum absolute atomic E-state index is 0.0623. The van der Waals surface area contributed by atoms with Crippen LogP contribution in [0.1, 0.15) is 17.4 Å². The summed E-state index contributed by atoms with van der Waals surface area (Å²) in [5.74, 6) is -0.325. The molecule has 0 radical (unpaired) electrons. The number of aromatic nitrogens is 1. The normalized spacial score (nSPS) is 18.8. The molecule has 1 saturated heterocycles. The molecule has 20 heavy (non-hydrogen) atoms. The summed E-state index contributed by atoms with van der Waals surface area (Å²) < 4.78 is 7.03. The summed E-state index contributed by atoms with van der Waals surface area (Å²) in [5.41, 5.74) is 0.218. The van der Waals surface area contributed by atoms with Gasteiger partial charge in [0, 0.05) is 32.2 Å². The Morgan fingerprint density at radius 1 is 1.70 bits per heavy atom. The fourth-order valence-corrected chi connectivity index (χ4v) is 2.09. The molecule has 1 atom stereocenters. The van der Waals surface area contributed by atoms with Crippen molar-refractivity contribution in [3.63, 3.8) is 0 Å². The van der Waals surface area contributed by atoms with Crippen LogP contribution in [0.15, 0.2) is 12.3 Å². The summed E-state index contributed by atoms with van der Waals surface area (Å²) in [4.78, 5) is 22.3. The second-order valence-electron chi connectivity index (χ2n) is 4.53. The van der Waals surface area contributed by atoms with Crippen molar-refractivity contribution in [3.8, 4) is 0 Å². The molecular formula is C12H18N4O4. The minimum atomic E-state index is -0.503. The summed E-state index contributed by atoms with van der Waals surface area (Å²) >= 11 is 0. The molecule has 8 nitrogen and oxygen atoms in total. The molecule has 1 unspecified atom stereocenters. The van der Waals surface area contributed by atoms with Gasteiger partial charge in [-0.2, -0.15) is 0 Å². The Hall–Kier alpha value is -1.93. The molecule has 0 saturated carbocycles. The van der Waals surface area contributed by atoms with Crippen molar-refractivity contribution in [3.05, 3.63) is 28.1 Å². The number of nitrogens with one attached hydrogen (secondary N) is 2. The zero-order valence-corrected chi connectivity index (χ0v) is 11.3. The molecule has 1 aliphatic rings. The highest BCUT2D eigenvalue weighted by Crippen LogP contribution is 2.16. The number of hydrogen-bond donors (Lipinski definition) is 2. The first-order valence-corrected chi connectivity index (χ1v) is 6.57. The average molecular weight is 282 g/mol. The molecule has 2 heterocycles. The van der Waals surface area contributed by atoms with Crippen molar-refractivity contribution in [1.82, 2.24) is 15.2 Å².